The Bertz CT molecular complexity index is 603. The Balaban J connectivity index is 2.05. The van der Waals surface area contributed by atoms with Crippen LogP contribution in [0.15, 0.2) is 6.07 Å². The fraction of sp³-hybridized carbons (Fsp3) is 0.600. The highest BCUT2D eigenvalue weighted by atomic mass is 32.2. The highest BCUT2D eigenvalue weighted by Crippen LogP contribution is 2.28. The molecule has 0 spiro atoms. The van der Waals surface area contributed by atoms with E-state index >= 15 is 0 Å². The molecule has 1 saturated heterocycles. The SMILES string of the molecule is Nc1cc(NCC2CCS(=O)(=O)C2)nc(C(F)(F)F)n1. The summed E-state index contributed by atoms with van der Waals surface area (Å²) in [6.45, 7) is 0.229. The molecule has 20 heavy (non-hydrogen) atoms. The van der Waals surface area contributed by atoms with Gasteiger partial charge in [-0.1, -0.05) is 0 Å². The number of alkyl halides is 3. The number of rotatable bonds is 3. The van der Waals surface area contributed by atoms with E-state index in [1.165, 1.54) is 6.07 Å². The van der Waals surface area contributed by atoms with Gasteiger partial charge >= 0.3 is 6.18 Å². The monoisotopic (exact) mass is 310 g/mol. The van der Waals surface area contributed by atoms with E-state index in [0.29, 0.717) is 6.42 Å². The van der Waals surface area contributed by atoms with E-state index in [4.69, 9.17) is 5.73 Å². The fourth-order valence-electron chi connectivity index (χ4n) is 1.97. The average molecular weight is 310 g/mol. The fourth-order valence-corrected chi connectivity index (χ4v) is 3.83. The van der Waals surface area contributed by atoms with Gasteiger partial charge in [0.15, 0.2) is 9.84 Å². The molecule has 3 N–H and O–H groups in total. The maximum absolute atomic E-state index is 12.5. The number of hydrogen-bond acceptors (Lipinski definition) is 6. The molecule has 0 bridgehead atoms. The van der Waals surface area contributed by atoms with Crippen LogP contribution in [0, 0.1) is 5.92 Å². The molecule has 0 aliphatic carbocycles. The number of aromatic nitrogens is 2. The lowest BCUT2D eigenvalue weighted by atomic mass is 10.1. The standard InChI is InChI=1S/C10H13F3N4O2S/c11-10(12,13)9-16-7(14)3-8(17-9)15-4-6-1-2-20(18,19)5-6/h3,6H,1-2,4-5H2,(H3,14,15,16,17). The van der Waals surface area contributed by atoms with Gasteiger partial charge in [-0.25, -0.2) is 18.4 Å². The second-order valence-electron chi connectivity index (χ2n) is 4.65. The Labute approximate surface area is 113 Å². The molecule has 6 nitrogen and oxygen atoms in total. The molecule has 1 unspecified atom stereocenters. The van der Waals surface area contributed by atoms with Crippen LogP contribution < -0.4 is 11.1 Å². The Morgan fingerprint density at radius 3 is 2.65 bits per heavy atom. The summed E-state index contributed by atoms with van der Waals surface area (Å²) in [4.78, 5) is 6.44. The van der Waals surface area contributed by atoms with Crippen LogP contribution in [-0.2, 0) is 16.0 Å². The van der Waals surface area contributed by atoms with Gasteiger partial charge in [0.25, 0.3) is 0 Å². The first-order valence-corrected chi connectivity index (χ1v) is 7.64. The van der Waals surface area contributed by atoms with E-state index in [-0.39, 0.29) is 35.6 Å². The van der Waals surface area contributed by atoms with Gasteiger partial charge < -0.3 is 11.1 Å². The highest BCUT2D eigenvalue weighted by molar-refractivity contribution is 7.91. The molecule has 0 saturated carbocycles. The van der Waals surface area contributed by atoms with Crippen molar-refractivity contribution in [1.82, 2.24) is 9.97 Å². The number of sulfone groups is 1. The second-order valence-corrected chi connectivity index (χ2v) is 6.88. The van der Waals surface area contributed by atoms with Crippen molar-refractivity contribution in [3.05, 3.63) is 11.9 Å². The van der Waals surface area contributed by atoms with Crippen molar-refractivity contribution < 1.29 is 21.6 Å². The molecule has 2 heterocycles. The van der Waals surface area contributed by atoms with Crippen molar-refractivity contribution in [1.29, 1.82) is 0 Å². The number of halogens is 3. The lowest BCUT2D eigenvalue weighted by Gasteiger charge is -2.12. The summed E-state index contributed by atoms with van der Waals surface area (Å²) in [5, 5.41) is 2.68. The molecule has 1 aliphatic rings. The van der Waals surface area contributed by atoms with Crippen LogP contribution in [0.5, 0.6) is 0 Å². The Morgan fingerprint density at radius 2 is 2.10 bits per heavy atom. The average Bonchev–Trinajstić information content (AvgIpc) is 2.64. The lowest BCUT2D eigenvalue weighted by molar-refractivity contribution is -0.144. The maximum atomic E-state index is 12.5. The summed E-state index contributed by atoms with van der Waals surface area (Å²) in [5.41, 5.74) is 5.30. The van der Waals surface area contributed by atoms with Crippen LogP contribution in [0.25, 0.3) is 0 Å². The van der Waals surface area contributed by atoms with E-state index in [0.717, 1.165) is 0 Å². The van der Waals surface area contributed by atoms with E-state index in [2.05, 4.69) is 15.3 Å². The first kappa shape index (κ1) is 14.8. The third-order valence-corrected chi connectivity index (χ3v) is 4.74. The zero-order valence-electron chi connectivity index (χ0n) is 10.3. The smallest absolute Gasteiger partial charge is 0.384 e. The van der Waals surface area contributed by atoms with Crippen LogP contribution in [0.2, 0.25) is 0 Å². The van der Waals surface area contributed by atoms with Crippen LogP contribution in [0.3, 0.4) is 0 Å². The van der Waals surface area contributed by atoms with Crippen LogP contribution in [-0.4, -0.2) is 36.4 Å². The molecule has 10 heteroatoms. The van der Waals surface area contributed by atoms with Crippen molar-refractivity contribution in [3.8, 4) is 0 Å². The second kappa shape index (κ2) is 5.08. The molecule has 1 fully saturated rings. The zero-order valence-corrected chi connectivity index (χ0v) is 11.1. The zero-order chi connectivity index (χ0) is 15.0. The summed E-state index contributed by atoms with van der Waals surface area (Å²) in [6, 6.07) is 1.18. The minimum Gasteiger partial charge on any atom is -0.384 e. The van der Waals surface area contributed by atoms with Gasteiger partial charge in [0, 0.05) is 12.6 Å². The van der Waals surface area contributed by atoms with Gasteiger partial charge in [0.1, 0.15) is 11.6 Å². The van der Waals surface area contributed by atoms with Gasteiger partial charge in [-0.3, -0.25) is 0 Å². The molecule has 2 rings (SSSR count). The van der Waals surface area contributed by atoms with Gasteiger partial charge in [0.2, 0.25) is 5.82 Å². The van der Waals surface area contributed by atoms with Gasteiger partial charge in [-0.2, -0.15) is 13.2 Å². The summed E-state index contributed by atoms with van der Waals surface area (Å²) >= 11 is 0. The molecule has 0 amide bonds. The van der Waals surface area contributed by atoms with Crippen molar-refractivity contribution in [3.63, 3.8) is 0 Å². The molecule has 112 valence electrons. The summed E-state index contributed by atoms with van der Waals surface area (Å²) in [5.74, 6) is -1.67. The summed E-state index contributed by atoms with van der Waals surface area (Å²) < 4.78 is 60.0. The number of nitrogens with one attached hydrogen (secondary N) is 1. The van der Waals surface area contributed by atoms with E-state index < -0.39 is 21.8 Å². The number of nitrogens with two attached hydrogens (primary N) is 1. The molecular formula is C10H13F3N4O2S. The largest absolute Gasteiger partial charge is 0.451 e. The lowest BCUT2D eigenvalue weighted by Crippen LogP contribution is -2.19. The molecule has 1 aliphatic heterocycles. The third kappa shape index (κ3) is 3.71. The predicted octanol–water partition coefficient (Wildman–Crippen LogP) is 0.924. The number of nitrogen functional groups attached to an aromatic ring is 1. The first-order valence-electron chi connectivity index (χ1n) is 5.82. The van der Waals surface area contributed by atoms with E-state index in [1.54, 1.807) is 0 Å². The van der Waals surface area contributed by atoms with Gasteiger partial charge in [-0.05, 0) is 12.3 Å². The molecule has 1 atom stereocenters. The highest BCUT2D eigenvalue weighted by Gasteiger charge is 2.35. The molecule has 1 aromatic rings. The maximum Gasteiger partial charge on any atom is 0.451 e. The first-order chi connectivity index (χ1) is 9.16. The number of hydrogen-bond donors (Lipinski definition) is 2. The summed E-state index contributed by atoms with van der Waals surface area (Å²) in [6.07, 6.45) is -4.19. The Morgan fingerprint density at radius 1 is 1.40 bits per heavy atom. The van der Waals surface area contributed by atoms with Crippen LogP contribution >= 0.6 is 0 Å². The Hall–Kier alpha value is -1.58. The minimum atomic E-state index is -4.68. The predicted molar refractivity (Wildman–Crippen MR) is 66.7 cm³/mol. The topological polar surface area (TPSA) is 98.0 Å². The molecule has 0 aromatic carbocycles. The quantitative estimate of drug-likeness (QED) is 0.861. The van der Waals surface area contributed by atoms with Crippen molar-refractivity contribution in [2.75, 3.05) is 29.1 Å². The minimum absolute atomic E-state index is 0.0344. The molecule has 1 aromatic heterocycles. The third-order valence-electron chi connectivity index (χ3n) is 2.90. The number of anilines is 2. The van der Waals surface area contributed by atoms with Gasteiger partial charge in [0.05, 0.1) is 11.5 Å². The van der Waals surface area contributed by atoms with Crippen molar-refractivity contribution in [2.45, 2.75) is 12.6 Å². The van der Waals surface area contributed by atoms with Crippen molar-refractivity contribution >= 4 is 21.5 Å². The molecule has 0 radical (unpaired) electrons. The molecular weight excluding hydrogens is 297 g/mol. The summed E-state index contributed by atoms with van der Waals surface area (Å²) in [7, 11) is -3.02. The van der Waals surface area contributed by atoms with Gasteiger partial charge in [-0.15, -0.1) is 0 Å². The van der Waals surface area contributed by atoms with Crippen molar-refractivity contribution in [2.24, 2.45) is 5.92 Å². The van der Waals surface area contributed by atoms with Crippen LogP contribution in [0.4, 0.5) is 24.8 Å². The van der Waals surface area contributed by atoms with E-state index in [9.17, 15) is 21.6 Å². The van der Waals surface area contributed by atoms with E-state index in [1.807, 2.05) is 0 Å². The Kier molecular flexibility index (Phi) is 3.76. The van der Waals surface area contributed by atoms with Crippen LogP contribution in [0.1, 0.15) is 12.2 Å². The number of nitrogens with zero attached hydrogens (tertiary/aromatic N) is 2. The normalized spacial score (nSPS) is 21.9.